The molecule has 3 nitrogen and oxygen atoms in total. The molecule has 0 fully saturated rings. The summed E-state index contributed by atoms with van der Waals surface area (Å²) in [5, 5.41) is 0. The number of nitrogens with one attached hydrogen (secondary N) is 1. The average Bonchev–Trinajstić information content (AvgIpc) is 2.64. The van der Waals surface area contributed by atoms with Crippen molar-refractivity contribution in [3.8, 4) is 11.3 Å². The van der Waals surface area contributed by atoms with Crippen LogP contribution in [0.1, 0.15) is 28.2 Å². The van der Waals surface area contributed by atoms with Crippen molar-refractivity contribution in [2.24, 2.45) is 5.73 Å². The fourth-order valence-corrected chi connectivity index (χ4v) is 2.13. The van der Waals surface area contributed by atoms with Gasteiger partial charge in [-0.05, 0) is 50.5 Å². The first-order valence-corrected chi connectivity index (χ1v) is 5.86. The molecule has 17 heavy (non-hydrogen) atoms. The predicted molar refractivity (Wildman–Crippen MR) is 70.9 cm³/mol. The van der Waals surface area contributed by atoms with Gasteiger partial charge in [0.15, 0.2) is 0 Å². The monoisotopic (exact) mass is 229 g/mol. The van der Waals surface area contributed by atoms with Crippen molar-refractivity contribution in [3.05, 3.63) is 40.3 Å². The summed E-state index contributed by atoms with van der Waals surface area (Å²) in [5.74, 6) is 0.915. The molecule has 0 atom stereocenters. The molecule has 0 unspecified atom stereocenters. The lowest BCUT2D eigenvalue weighted by Crippen LogP contribution is -2.00. The van der Waals surface area contributed by atoms with Crippen molar-refractivity contribution in [1.82, 2.24) is 9.97 Å². The molecule has 0 radical (unpaired) electrons. The summed E-state index contributed by atoms with van der Waals surface area (Å²) in [6.45, 7) is 8.82. The van der Waals surface area contributed by atoms with Gasteiger partial charge in [0.05, 0.1) is 11.4 Å². The average molecular weight is 229 g/mol. The van der Waals surface area contributed by atoms with E-state index < -0.39 is 0 Å². The van der Waals surface area contributed by atoms with Crippen LogP contribution in [0.2, 0.25) is 0 Å². The van der Waals surface area contributed by atoms with Crippen LogP contribution in [0.5, 0.6) is 0 Å². The Morgan fingerprint density at radius 1 is 1.06 bits per heavy atom. The first kappa shape index (κ1) is 11.9. The van der Waals surface area contributed by atoms with Gasteiger partial charge in [-0.2, -0.15) is 0 Å². The minimum absolute atomic E-state index is 0.489. The van der Waals surface area contributed by atoms with Gasteiger partial charge in [-0.1, -0.05) is 6.07 Å². The number of aryl methyl sites for hydroxylation is 4. The quantitative estimate of drug-likeness (QED) is 0.832. The van der Waals surface area contributed by atoms with Gasteiger partial charge in [0.25, 0.3) is 0 Å². The third-order valence-corrected chi connectivity index (χ3v) is 3.20. The molecule has 1 aromatic carbocycles. The lowest BCUT2D eigenvalue weighted by atomic mass is 9.98. The maximum Gasteiger partial charge on any atom is 0.103 e. The van der Waals surface area contributed by atoms with Crippen LogP contribution in [-0.4, -0.2) is 9.97 Å². The molecule has 0 aliphatic heterocycles. The number of rotatable bonds is 2. The third-order valence-electron chi connectivity index (χ3n) is 3.20. The number of H-pyrrole nitrogens is 1. The molecule has 1 aromatic heterocycles. The van der Waals surface area contributed by atoms with Gasteiger partial charge < -0.3 is 10.7 Å². The number of aromatic amines is 1. The Kier molecular flexibility index (Phi) is 3.03. The molecule has 0 saturated heterocycles. The number of benzene rings is 1. The first-order chi connectivity index (χ1) is 8.02. The van der Waals surface area contributed by atoms with Gasteiger partial charge in [0.1, 0.15) is 5.82 Å². The van der Waals surface area contributed by atoms with Crippen LogP contribution < -0.4 is 5.73 Å². The number of imidazole rings is 1. The summed E-state index contributed by atoms with van der Waals surface area (Å²) >= 11 is 0. The number of aromatic nitrogens is 2. The molecule has 0 saturated carbocycles. The Balaban J connectivity index is 2.63. The molecule has 1 heterocycles. The van der Waals surface area contributed by atoms with Gasteiger partial charge in [-0.3, -0.25) is 0 Å². The number of nitrogens with zero attached hydrogens (tertiary/aromatic N) is 1. The number of hydrogen-bond donors (Lipinski definition) is 2. The van der Waals surface area contributed by atoms with Crippen molar-refractivity contribution in [2.45, 2.75) is 34.2 Å². The van der Waals surface area contributed by atoms with Crippen LogP contribution in [0.3, 0.4) is 0 Å². The molecule has 2 aromatic rings. The van der Waals surface area contributed by atoms with Crippen LogP contribution in [0.15, 0.2) is 12.1 Å². The van der Waals surface area contributed by atoms with Crippen LogP contribution >= 0.6 is 0 Å². The van der Waals surface area contributed by atoms with Gasteiger partial charge in [0.2, 0.25) is 0 Å². The molecule has 0 spiro atoms. The van der Waals surface area contributed by atoms with Crippen molar-refractivity contribution in [1.29, 1.82) is 0 Å². The van der Waals surface area contributed by atoms with Crippen LogP contribution in [0.25, 0.3) is 11.3 Å². The Labute approximate surface area is 102 Å². The minimum Gasteiger partial charge on any atom is -0.345 e. The van der Waals surface area contributed by atoms with Gasteiger partial charge in [0, 0.05) is 12.1 Å². The minimum atomic E-state index is 0.489. The summed E-state index contributed by atoms with van der Waals surface area (Å²) in [6.07, 6.45) is 0. The van der Waals surface area contributed by atoms with Crippen LogP contribution in [0, 0.1) is 27.7 Å². The highest BCUT2D eigenvalue weighted by molar-refractivity contribution is 5.67. The fraction of sp³-hybridized carbons (Fsp3) is 0.357. The predicted octanol–water partition coefficient (Wildman–Crippen LogP) is 2.77. The molecule has 0 aliphatic carbocycles. The van der Waals surface area contributed by atoms with E-state index in [0.717, 1.165) is 17.2 Å². The lowest BCUT2D eigenvalue weighted by molar-refractivity contribution is 0.998. The first-order valence-electron chi connectivity index (χ1n) is 5.86. The lowest BCUT2D eigenvalue weighted by Gasteiger charge is -2.09. The van der Waals surface area contributed by atoms with Gasteiger partial charge in [-0.25, -0.2) is 4.98 Å². The zero-order valence-corrected chi connectivity index (χ0v) is 10.9. The molecule has 90 valence electrons. The van der Waals surface area contributed by atoms with Gasteiger partial charge in [-0.15, -0.1) is 0 Å². The topological polar surface area (TPSA) is 54.7 Å². The Hall–Kier alpha value is -1.61. The SMILES string of the molecule is Cc1nc(-c2cc(C)c(C)cc2C)c(CN)[nH]1. The maximum absolute atomic E-state index is 5.75. The molecule has 0 amide bonds. The van der Waals surface area contributed by atoms with E-state index in [-0.39, 0.29) is 0 Å². The molecule has 3 N–H and O–H groups in total. The maximum atomic E-state index is 5.75. The number of nitrogens with two attached hydrogens (primary N) is 1. The summed E-state index contributed by atoms with van der Waals surface area (Å²) < 4.78 is 0. The van der Waals surface area contributed by atoms with Crippen LogP contribution in [-0.2, 0) is 6.54 Å². The van der Waals surface area contributed by atoms with Crippen molar-refractivity contribution in [2.75, 3.05) is 0 Å². The van der Waals surface area contributed by atoms with E-state index >= 15 is 0 Å². The highest BCUT2D eigenvalue weighted by Crippen LogP contribution is 2.27. The summed E-state index contributed by atoms with van der Waals surface area (Å²) in [7, 11) is 0. The number of hydrogen-bond acceptors (Lipinski definition) is 2. The van der Waals surface area contributed by atoms with Crippen LogP contribution in [0.4, 0.5) is 0 Å². The summed E-state index contributed by atoms with van der Waals surface area (Å²) in [5.41, 5.74) is 12.8. The van der Waals surface area contributed by atoms with E-state index in [1.165, 1.54) is 22.3 Å². The normalized spacial score (nSPS) is 10.9. The highest BCUT2D eigenvalue weighted by atomic mass is 14.9. The smallest absolute Gasteiger partial charge is 0.103 e. The second-order valence-electron chi connectivity index (χ2n) is 4.60. The zero-order valence-electron chi connectivity index (χ0n) is 10.9. The highest BCUT2D eigenvalue weighted by Gasteiger charge is 2.12. The van der Waals surface area contributed by atoms with E-state index in [4.69, 9.17) is 5.73 Å². The molecular formula is C14H19N3. The third kappa shape index (κ3) is 2.11. The van der Waals surface area contributed by atoms with E-state index in [0.29, 0.717) is 6.54 Å². The Bertz CT molecular complexity index is 553. The van der Waals surface area contributed by atoms with E-state index in [2.05, 4.69) is 42.9 Å². The molecular weight excluding hydrogens is 210 g/mol. The van der Waals surface area contributed by atoms with Crippen molar-refractivity contribution >= 4 is 0 Å². The van der Waals surface area contributed by atoms with Crippen molar-refractivity contribution in [3.63, 3.8) is 0 Å². The van der Waals surface area contributed by atoms with Gasteiger partial charge >= 0.3 is 0 Å². The Morgan fingerprint density at radius 2 is 1.71 bits per heavy atom. The molecule has 0 bridgehead atoms. The largest absolute Gasteiger partial charge is 0.345 e. The molecule has 2 rings (SSSR count). The Morgan fingerprint density at radius 3 is 2.35 bits per heavy atom. The standard InChI is InChI=1S/C14H19N3/c1-8-5-10(3)12(6-9(8)2)14-13(7-15)16-11(4)17-14/h5-6H,7,15H2,1-4H3,(H,16,17). The van der Waals surface area contributed by atoms with E-state index in [1.807, 2.05) is 6.92 Å². The van der Waals surface area contributed by atoms with E-state index in [1.54, 1.807) is 0 Å². The van der Waals surface area contributed by atoms with E-state index in [9.17, 15) is 0 Å². The molecule has 3 heteroatoms. The summed E-state index contributed by atoms with van der Waals surface area (Å²) in [4.78, 5) is 7.77. The fourth-order valence-electron chi connectivity index (χ4n) is 2.13. The summed E-state index contributed by atoms with van der Waals surface area (Å²) in [6, 6.07) is 4.40. The second kappa shape index (κ2) is 4.34. The zero-order chi connectivity index (χ0) is 12.6. The molecule has 0 aliphatic rings. The van der Waals surface area contributed by atoms with Crippen molar-refractivity contribution < 1.29 is 0 Å². The second-order valence-corrected chi connectivity index (χ2v) is 4.60.